The molecule has 2 heterocycles. The molecule has 1 aliphatic rings. The highest BCUT2D eigenvalue weighted by atomic mass is 127. The standard InChI is InChI=1S/C18H35N7O.HI/c1-5-19-18(20-7-6-8-25-9-11-26-12-10-25)21-14-17(23(2)3)16-13-22-24(4)15-16;/h13,15,17H,5-12,14H2,1-4H3,(H2,19,20,21);1H. The van der Waals surface area contributed by atoms with Gasteiger partial charge in [-0.05, 0) is 34.0 Å². The molecule has 0 radical (unpaired) electrons. The van der Waals surface area contributed by atoms with E-state index in [0.717, 1.165) is 58.3 Å². The highest BCUT2D eigenvalue weighted by molar-refractivity contribution is 14.0. The summed E-state index contributed by atoms with van der Waals surface area (Å²) in [6, 6.07) is 0.215. The van der Waals surface area contributed by atoms with Crippen molar-refractivity contribution in [3.63, 3.8) is 0 Å². The fraction of sp³-hybridized carbons (Fsp3) is 0.778. The van der Waals surface area contributed by atoms with Crippen molar-refractivity contribution in [3.05, 3.63) is 18.0 Å². The van der Waals surface area contributed by atoms with Crippen molar-refractivity contribution in [2.45, 2.75) is 19.4 Å². The van der Waals surface area contributed by atoms with Crippen LogP contribution in [-0.4, -0.2) is 92.1 Å². The van der Waals surface area contributed by atoms with Gasteiger partial charge in [-0.3, -0.25) is 14.6 Å². The maximum Gasteiger partial charge on any atom is 0.191 e. The highest BCUT2D eigenvalue weighted by Crippen LogP contribution is 2.17. The van der Waals surface area contributed by atoms with Crippen LogP contribution in [0.5, 0.6) is 0 Å². The molecule has 0 aliphatic carbocycles. The summed E-state index contributed by atoms with van der Waals surface area (Å²) in [5.74, 6) is 0.880. The lowest BCUT2D eigenvalue weighted by Gasteiger charge is -2.26. The lowest BCUT2D eigenvalue weighted by atomic mass is 10.1. The first-order valence-electron chi connectivity index (χ1n) is 9.57. The zero-order chi connectivity index (χ0) is 18.8. The number of morpholine rings is 1. The molecule has 2 N–H and O–H groups in total. The minimum absolute atomic E-state index is 0. The number of nitrogens with zero attached hydrogens (tertiary/aromatic N) is 5. The molecule has 1 fully saturated rings. The van der Waals surface area contributed by atoms with Crippen molar-refractivity contribution in [2.75, 3.05) is 66.6 Å². The molecule has 0 bridgehead atoms. The van der Waals surface area contributed by atoms with Crippen LogP contribution in [0.15, 0.2) is 17.4 Å². The number of aliphatic imine (C=N–C) groups is 1. The molecule has 0 saturated carbocycles. The third-order valence-electron chi connectivity index (χ3n) is 4.55. The van der Waals surface area contributed by atoms with Gasteiger partial charge in [0.05, 0.1) is 32.0 Å². The molecule has 27 heavy (non-hydrogen) atoms. The third-order valence-corrected chi connectivity index (χ3v) is 4.55. The van der Waals surface area contributed by atoms with Gasteiger partial charge in [-0.2, -0.15) is 5.10 Å². The lowest BCUT2D eigenvalue weighted by Crippen LogP contribution is -2.41. The van der Waals surface area contributed by atoms with Crippen molar-refractivity contribution in [3.8, 4) is 0 Å². The monoisotopic (exact) mass is 493 g/mol. The van der Waals surface area contributed by atoms with E-state index in [1.54, 1.807) is 0 Å². The minimum atomic E-state index is 0. The van der Waals surface area contributed by atoms with Gasteiger partial charge in [0.15, 0.2) is 5.96 Å². The Morgan fingerprint density at radius 1 is 1.33 bits per heavy atom. The molecule has 1 saturated heterocycles. The van der Waals surface area contributed by atoms with Crippen LogP contribution in [0.25, 0.3) is 0 Å². The number of hydrogen-bond acceptors (Lipinski definition) is 5. The number of ether oxygens (including phenoxy) is 1. The summed E-state index contributed by atoms with van der Waals surface area (Å²) in [4.78, 5) is 9.43. The van der Waals surface area contributed by atoms with Gasteiger partial charge < -0.3 is 20.3 Å². The minimum Gasteiger partial charge on any atom is -0.379 e. The van der Waals surface area contributed by atoms with Gasteiger partial charge in [0.25, 0.3) is 0 Å². The summed E-state index contributed by atoms with van der Waals surface area (Å²) < 4.78 is 7.23. The van der Waals surface area contributed by atoms with Crippen LogP contribution in [-0.2, 0) is 11.8 Å². The Bertz CT molecular complexity index is 544. The number of guanidine groups is 1. The molecule has 1 unspecified atom stereocenters. The maximum atomic E-state index is 5.39. The van der Waals surface area contributed by atoms with Gasteiger partial charge in [-0.25, -0.2) is 0 Å². The largest absolute Gasteiger partial charge is 0.379 e. The Morgan fingerprint density at radius 3 is 2.67 bits per heavy atom. The number of rotatable bonds is 9. The van der Waals surface area contributed by atoms with E-state index in [0.29, 0.717) is 6.54 Å². The molecule has 0 amide bonds. The van der Waals surface area contributed by atoms with Gasteiger partial charge >= 0.3 is 0 Å². The summed E-state index contributed by atoms with van der Waals surface area (Å²) in [6.07, 6.45) is 5.08. The molecule has 1 aromatic heterocycles. The SMILES string of the molecule is CCNC(=NCC(c1cnn(C)c1)N(C)C)NCCCN1CCOCC1.I. The van der Waals surface area contributed by atoms with E-state index < -0.39 is 0 Å². The number of likely N-dealkylation sites (N-methyl/N-ethyl adjacent to an activating group) is 1. The second-order valence-electron chi connectivity index (χ2n) is 6.88. The first kappa shape index (κ1) is 24.1. The number of halogens is 1. The van der Waals surface area contributed by atoms with E-state index in [2.05, 4.69) is 52.7 Å². The Labute approximate surface area is 180 Å². The summed E-state index contributed by atoms with van der Waals surface area (Å²) in [5, 5.41) is 11.1. The third kappa shape index (κ3) is 8.75. The molecule has 8 nitrogen and oxygen atoms in total. The fourth-order valence-corrected chi connectivity index (χ4v) is 3.03. The van der Waals surface area contributed by atoms with Gasteiger partial charge in [-0.15, -0.1) is 24.0 Å². The average molecular weight is 493 g/mol. The van der Waals surface area contributed by atoms with E-state index in [-0.39, 0.29) is 30.0 Å². The number of aromatic nitrogens is 2. The molecule has 0 aromatic carbocycles. The molecule has 9 heteroatoms. The van der Waals surface area contributed by atoms with E-state index in [1.165, 1.54) is 5.56 Å². The van der Waals surface area contributed by atoms with E-state index in [1.807, 2.05) is 17.9 Å². The fourth-order valence-electron chi connectivity index (χ4n) is 3.03. The van der Waals surface area contributed by atoms with Gasteiger partial charge in [0.1, 0.15) is 0 Å². The molecule has 1 aromatic rings. The van der Waals surface area contributed by atoms with Gasteiger partial charge in [0.2, 0.25) is 0 Å². The zero-order valence-electron chi connectivity index (χ0n) is 17.1. The Morgan fingerprint density at radius 2 is 2.07 bits per heavy atom. The molecular weight excluding hydrogens is 457 g/mol. The number of nitrogens with one attached hydrogen (secondary N) is 2. The molecule has 156 valence electrons. The van der Waals surface area contributed by atoms with Crippen LogP contribution in [0.1, 0.15) is 24.9 Å². The molecule has 0 spiro atoms. The number of aryl methyl sites for hydroxylation is 1. The molecule has 2 rings (SSSR count). The van der Waals surface area contributed by atoms with Crippen LogP contribution >= 0.6 is 24.0 Å². The van der Waals surface area contributed by atoms with Crippen molar-refractivity contribution in [1.29, 1.82) is 0 Å². The predicted molar refractivity (Wildman–Crippen MR) is 121 cm³/mol. The summed E-state index contributed by atoms with van der Waals surface area (Å²) >= 11 is 0. The first-order chi connectivity index (χ1) is 12.6. The van der Waals surface area contributed by atoms with E-state index in [9.17, 15) is 0 Å². The highest BCUT2D eigenvalue weighted by Gasteiger charge is 2.16. The van der Waals surface area contributed by atoms with E-state index in [4.69, 9.17) is 9.73 Å². The molecule has 1 aliphatic heterocycles. The van der Waals surface area contributed by atoms with Crippen LogP contribution < -0.4 is 10.6 Å². The van der Waals surface area contributed by atoms with Crippen molar-refractivity contribution in [2.24, 2.45) is 12.0 Å². The normalized spacial score (nSPS) is 16.9. The van der Waals surface area contributed by atoms with Crippen LogP contribution in [0.4, 0.5) is 0 Å². The van der Waals surface area contributed by atoms with E-state index >= 15 is 0 Å². The second kappa shape index (κ2) is 13.3. The summed E-state index contributed by atoms with van der Waals surface area (Å²) in [7, 11) is 6.10. The van der Waals surface area contributed by atoms with Crippen LogP contribution in [0.2, 0.25) is 0 Å². The first-order valence-corrected chi connectivity index (χ1v) is 9.57. The van der Waals surface area contributed by atoms with Crippen LogP contribution in [0.3, 0.4) is 0 Å². The predicted octanol–water partition coefficient (Wildman–Crippen LogP) is 0.918. The smallest absolute Gasteiger partial charge is 0.191 e. The Hall–Kier alpha value is -0.910. The zero-order valence-corrected chi connectivity index (χ0v) is 19.5. The average Bonchev–Trinajstić information content (AvgIpc) is 3.05. The van der Waals surface area contributed by atoms with Crippen molar-refractivity contribution >= 4 is 29.9 Å². The summed E-state index contributed by atoms with van der Waals surface area (Å²) in [5.41, 5.74) is 1.18. The van der Waals surface area contributed by atoms with Crippen LogP contribution in [0, 0.1) is 0 Å². The summed E-state index contributed by atoms with van der Waals surface area (Å²) in [6.45, 7) is 9.47. The van der Waals surface area contributed by atoms with Crippen molar-refractivity contribution in [1.82, 2.24) is 30.2 Å². The molecular formula is C18H36IN7O. The Kier molecular flexibility index (Phi) is 11.9. The van der Waals surface area contributed by atoms with Gasteiger partial charge in [-0.1, -0.05) is 0 Å². The van der Waals surface area contributed by atoms with Crippen molar-refractivity contribution < 1.29 is 4.74 Å². The molecule has 1 atom stereocenters. The Balaban J connectivity index is 0.00000364. The topological polar surface area (TPSA) is 70.0 Å². The lowest BCUT2D eigenvalue weighted by molar-refractivity contribution is 0.0376. The maximum absolute atomic E-state index is 5.39. The second-order valence-corrected chi connectivity index (χ2v) is 6.88. The quantitative estimate of drug-likeness (QED) is 0.231. The van der Waals surface area contributed by atoms with Gasteiger partial charge in [0, 0.05) is 45.0 Å². The number of hydrogen-bond donors (Lipinski definition) is 2.